The fourth-order valence-electron chi connectivity index (χ4n) is 1.59. The lowest BCUT2D eigenvalue weighted by Crippen LogP contribution is -2.04. The van der Waals surface area contributed by atoms with E-state index in [0.717, 1.165) is 28.7 Å². The van der Waals surface area contributed by atoms with Crippen molar-refractivity contribution in [3.63, 3.8) is 0 Å². The quantitative estimate of drug-likeness (QED) is 0.928. The van der Waals surface area contributed by atoms with E-state index in [4.69, 9.17) is 16.9 Å². The Kier molecular flexibility index (Phi) is 4.19. The van der Waals surface area contributed by atoms with Crippen LogP contribution in [0.15, 0.2) is 24.3 Å². The van der Waals surface area contributed by atoms with Crippen molar-refractivity contribution in [3.8, 4) is 6.07 Å². The van der Waals surface area contributed by atoms with Crippen LogP contribution in [0.25, 0.3) is 0 Å². The molecule has 0 saturated heterocycles. The highest BCUT2D eigenvalue weighted by atomic mass is 35.5. The molecule has 0 aliphatic heterocycles. The number of benzene rings is 1. The number of nitrogens with one attached hydrogen (secondary N) is 1. The lowest BCUT2D eigenvalue weighted by molar-refractivity contribution is 1.02. The third kappa shape index (κ3) is 3.00. The summed E-state index contributed by atoms with van der Waals surface area (Å²) in [4.78, 5) is 0. The van der Waals surface area contributed by atoms with E-state index in [9.17, 15) is 0 Å². The molecule has 0 radical (unpaired) electrons. The molecule has 18 heavy (non-hydrogen) atoms. The van der Waals surface area contributed by atoms with Crippen LogP contribution in [0.3, 0.4) is 0 Å². The van der Waals surface area contributed by atoms with Gasteiger partial charge in [-0.1, -0.05) is 23.7 Å². The van der Waals surface area contributed by atoms with Gasteiger partial charge in [0.1, 0.15) is 16.6 Å². The number of hydrogen-bond donors (Lipinski definition) is 1. The molecule has 5 heteroatoms. The van der Waals surface area contributed by atoms with Gasteiger partial charge in [-0.05, 0) is 42.6 Å². The van der Waals surface area contributed by atoms with Crippen molar-refractivity contribution in [1.82, 2.24) is 4.37 Å². The number of aromatic nitrogens is 1. The highest BCUT2D eigenvalue weighted by Gasteiger charge is 2.08. The predicted molar refractivity (Wildman–Crippen MR) is 75.2 cm³/mol. The summed E-state index contributed by atoms with van der Waals surface area (Å²) in [6.07, 6.45) is 0.888. The number of aryl methyl sites for hydroxylation is 1. The van der Waals surface area contributed by atoms with Gasteiger partial charge in [-0.25, -0.2) is 0 Å². The van der Waals surface area contributed by atoms with Gasteiger partial charge in [-0.15, -0.1) is 0 Å². The first-order valence-corrected chi connectivity index (χ1v) is 6.70. The van der Waals surface area contributed by atoms with E-state index in [1.54, 1.807) is 0 Å². The second kappa shape index (κ2) is 5.85. The molecule has 3 nitrogen and oxygen atoms in total. The van der Waals surface area contributed by atoms with Crippen molar-refractivity contribution in [2.45, 2.75) is 13.3 Å². The third-order valence-corrected chi connectivity index (χ3v) is 3.74. The van der Waals surface area contributed by atoms with Crippen LogP contribution in [0.1, 0.15) is 16.8 Å². The van der Waals surface area contributed by atoms with E-state index < -0.39 is 0 Å². The molecule has 0 saturated carbocycles. The summed E-state index contributed by atoms with van der Waals surface area (Å²) in [5.74, 6) is 0. The molecule has 1 aromatic heterocycles. The van der Waals surface area contributed by atoms with Crippen LogP contribution in [0.4, 0.5) is 5.00 Å². The Labute approximate surface area is 115 Å². The molecule has 0 amide bonds. The van der Waals surface area contributed by atoms with Crippen LogP contribution in [-0.4, -0.2) is 10.9 Å². The van der Waals surface area contributed by atoms with Crippen molar-refractivity contribution in [2.24, 2.45) is 0 Å². The van der Waals surface area contributed by atoms with Crippen LogP contribution < -0.4 is 5.32 Å². The second-order valence-corrected chi connectivity index (χ2v) is 5.10. The van der Waals surface area contributed by atoms with Crippen molar-refractivity contribution < 1.29 is 0 Å². The van der Waals surface area contributed by atoms with Gasteiger partial charge in [0.15, 0.2) is 0 Å². The van der Waals surface area contributed by atoms with Crippen LogP contribution >= 0.6 is 23.1 Å². The van der Waals surface area contributed by atoms with Crippen molar-refractivity contribution >= 4 is 28.1 Å². The number of nitrogens with zero attached hydrogens (tertiary/aromatic N) is 2. The summed E-state index contributed by atoms with van der Waals surface area (Å²) in [7, 11) is 0. The summed E-state index contributed by atoms with van der Waals surface area (Å²) in [6, 6.07) is 9.95. The minimum absolute atomic E-state index is 0.649. The fraction of sp³-hybridized carbons (Fsp3) is 0.231. The lowest BCUT2D eigenvalue weighted by Gasteiger charge is -2.04. The number of nitriles is 1. The van der Waals surface area contributed by atoms with Gasteiger partial charge in [0.2, 0.25) is 0 Å². The zero-order chi connectivity index (χ0) is 13.0. The summed E-state index contributed by atoms with van der Waals surface area (Å²) in [5.41, 5.74) is 2.65. The average molecular weight is 278 g/mol. The highest BCUT2D eigenvalue weighted by molar-refractivity contribution is 7.10. The van der Waals surface area contributed by atoms with Gasteiger partial charge < -0.3 is 5.32 Å². The monoisotopic (exact) mass is 277 g/mol. The van der Waals surface area contributed by atoms with Crippen LogP contribution in [0.2, 0.25) is 5.02 Å². The van der Waals surface area contributed by atoms with E-state index in [1.165, 1.54) is 17.1 Å². The maximum Gasteiger partial charge on any atom is 0.127 e. The third-order valence-electron chi connectivity index (χ3n) is 2.59. The highest BCUT2D eigenvalue weighted by Crippen LogP contribution is 2.23. The van der Waals surface area contributed by atoms with E-state index in [1.807, 2.05) is 31.2 Å². The standard InChI is InChI=1S/C13H12ClN3S/c1-9-12(8-15)13(18-17-9)16-7-6-10-2-4-11(14)5-3-10/h2-5,16H,6-7H2,1H3. The number of rotatable bonds is 4. The predicted octanol–water partition coefficient (Wildman–Crippen LogP) is 3.63. The van der Waals surface area contributed by atoms with Crippen molar-refractivity contribution in [3.05, 3.63) is 46.1 Å². The topological polar surface area (TPSA) is 48.7 Å². The van der Waals surface area contributed by atoms with Gasteiger partial charge in [0, 0.05) is 11.6 Å². The summed E-state index contributed by atoms with van der Waals surface area (Å²) in [6.45, 7) is 2.62. The van der Waals surface area contributed by atoms with Crippen LogP contribution in [-0.2, 0) is 6.42 Å². The van der Waals surface area contributed by atoms with Gasteiger partial charge in [-0.2, -0.15) is 9.64 Å². The SMILES string of the molecule is Cc1nsc(NCCc2ccc(Cl)cc2)c1C#N. The molecule has 0 bridgehead atoms. The molecular weight excluding hydrogens is 266 g/mol. The first-order valence-electron chi connectivity index (χ1n) is 5.55. The number of hydrogen-bond acceptors (Lipinski definition) is 4. The Morgan fingerprint density at radius 1 is 1.39 bits per heavy atom. The molecule has 92 valence electrons. The maximum absolute atomic E-state index is 9.00. The Hall–Kier alpha value is -1.57. The maximum atomic E-state index is 9.00. The first-order chi connectivity index (χ1) is 8.70. The molecule has 0 fully saturated rings. The number of anilines is 1. The molecule has 0 aliphatic rings. The van der Waals surface area contributed by atoms with Gasteiger partial charge in [0.05, 0.1) is 5.69 Å². The minimum atomic E-state index is 0.649. The second-order valence-electron chi connectivity index (χ2n) is 3.89. The van der Waals surface area contributed by atoms with Crippen LogP contribution in [0, 0.1) is 18.3 Å². The molecule has 2 aromatic rings. The summed E-state index contributed by atoms with van der Waals surface area (Å²) < 4.78 is 4.16. The van der Waals surface area contributed by atoms with E-state index in [-0.39, 0.29) is 0 Å². The Bertz CT molecular complexity index is 569. The van der Waals surface area contributed by atoms with E-state index in [2.05, 4.69) is 15.8 Å². The summed E-state index contributed by atoms with van der Waals surface area (Å²) in [5, 5.41) is 13.8. The first kappa shape index (κ1) is 12.9. The lowest BCUT2D eigenvalue weighted by atomic mass is 10.1. The van der Waals surface area contributed by atoms with E-state index in [0.29, 0.717) is 5.56 Å². The molecule has 0 aliphatic carbocycles. The van der Waals surface area contributed by atoms with E-state index >= 15 is 0 Å². The largest absolute Gasteiger partial charge is 0.374 e. The zero-order valence-corrected chi connectivity index (χ0v) is 11.5. The van der Waals surface area contributed by atoms with Gasteiger partial charge in [-0.3, -0.25) is 0 Å². The Morgan fingerprint density at radius 2 is 2.11 bits per heavy atom. The molecule has 2 rings (SSSR count). The van der Waals surface area contributed by atoms with Crippen molar-refractivity contribution in [2.75, 3.05) is 11.9 Å². The molecule has 1 N–H and O–H groups in total. The molecule has 0 atom stereocenters. The Morgan fingerprint density at radius 3 is 2.78 bits per heavy atom. The van der Waals surface area contributed by atoms with Gasteiger partial charge in [0.25, 0.3) is 0 Å². The van der Waals surface area contributed by atoms with Crippen molar-refractivity contribution in [1.29, 1.82) is 5.26 Å². The molecule has 1 aromatic carbocycles. The fourth-order valence-corrected chi connectivity index (χ4v) is 2.49. The molecule has 1 heterocycles. The zero-order valence-electron chi connectivity index (χ0n) is 9.90. The Balaban J connectivity index is 1.93. The molecular formula is C13H12ClN3S. The van der Waals surface area contributed by atoms with Crippen LogP contribution in [0.5, 0.6) is 0 Å². The molecule has 0 spiro atoms. The normalized spacial score (nSPS) is 10.1. The average Bonchev–Trinajstić information content (AvgIpc) is 2.72. The molecule has 0 unspecified atom stereocenters. The minimum Gasteiger partial charge on any atom is -0.374 e. The number of halogens is 1. The summed E-state index contributed by atoms with van der Waals surface area (Å²) >= 11 is 7.16. The van der Waals surface area contributed by atoms with Gasteiger partial charge >= 0.3 is 0 Å². The smallest absolute Gasteiger partial charge is 0.127 e.